The van der Waals surface area contributed by atoms with Crippen LogP contribution in [0.3, 0.4) is 0 Å². The smallest absolute Gasteiger partial charge is 0.0275 e. The molecule has 0 unspecified atom stereocenters. The predicted molar refractivity (Wildman–Crippen MR) is 338 cm³/mol. The van der Waals surface area contributed by atoms with Gasteiger partial charge in [0.15, 0.2) is 0 Å². The first-order valence-corrected chi connectivity index (χ1v) is 31.1. The summed E-state index contributed by atoms with van der Waals surface area (Å²) in [5, 5.41) is 0. The van der Waals surface area contributed by atoms with Crippen molar-refractivity contribution in [3.05, 3.63) is 35.9 Å². The van der Waals surface area contributed by atoms with Crippen LogP contribution in [0.5, 0.6) is 0 Å². The Morgan fingerprint density at radius 1 is 0.451 bits per heavy atom. The van der Waals surface area contributed by atoms with Gasteiger partial charge in [-0.2, -0.15) is 0 Å². The lowest BCUT2D eigenvalue weighted by Crippen LogP contribution is -2.16. The number of hydrogen-bond acceptors (Lipinski definition) is 0. The molecule has 4 rings (SSSR count). The summed E-state index contributed by atoms with van der Waals surface area (Å²) >= 11 is 0. The lowest BCUT2D eigenvalue weighted by Gasteiger charge is -2.28. The van der Waals surface area contributed by atoms with Gasteiger partial charge in [-0.05, 0) is 106 Å². The fourth-order valence-corrected chi connectivity index (χ4v) is 8.51. The minimum Gasteiger partial charge on any atom is -0.0656 e. The highest BCUT2D eigenvalue weighted by Crippen LogP contribution is 2.33. The molecule has 0 spiro atoms. The zero-order valence-electron chi connectivity index (χ0n) is 58.7. The zero-order valence-corrected chi connectivity index (χ0v) is 55.7. The van der Waals surface area contributed by atoms with E-state index in [4.69, 9.17) is 4.11 Å². The van der Waals surface area contributed by atoms with Gasteiger partial charge in [0.1, 0.15) is 0 Å². The lowest BCUT2D eigenvalue weighted by atomic mass is 9.78. The highest BCUT2D eigenvalue weighted by Gasteiger charge is 2.20. The Kier molecular flexibility index (Phi) is 53.8. The Morgan fingerprint density at radius 3 is 0.958 bits per heavy atom. The molecule has 0 aromatic heterocycles. The van der Waals surface area contributed by atoms with Gasteiger partial charge in [0.25, 0.3) is 0 Å². The minimum absolute atomic E-state index is 0.0833. The maximum atomic E-state index is 7.70. The molecule has 1 aromatic rings. The van der Waals surface area contributed by atoms with Crippen molar-refractivity contribution in [1.82, 2.24) is 0 Å². The molecule has 0 heteroatoms. The molecule has 71 heavy (non-hydrogen) atoms. The highest BCUT2D eigenvalue weighted by molar-refractivity contribution is 5.14. The van der Waals surface area contributed by atoms with Gasteiger partial charge in [0, 0.05) is 4.11 Å². The van der Waals surface area contributed by atoms with E-state index in [9.17, 15) is 0 Å². The van der Waals surface area contributed by atoms with Crippen LogP contribution < -0.4 is 0 Å². The molecular weight excluding hydrogens is 853 g/mol. The van der Waals surface area contributed by atoms with Crippen LogP contribution in [0.4, 0.5) is 0 Å². The lowest BCUT2D eigenvalue weighted by molar-refractivity contribution is 0.235. The van der Waals surface area contributed by atoms with E-state index in [0.29, 0.717) is 10.8 Å². The van der Waals surface area contributed by atoms with Crippen molar-refractivity contribution in [2.45, 2.75) is 342 Å². The summed E-state index contributed by atoms with van der Waals surface area (Å²) in [4.78, 5) is 0. The van der Waals surface area contributed by atoms with Crippen LogP contribution in [0.2, 0.25) is 0 Å². The SMILES string of the molecule is CC(C)C(C)(C)C.CC(C)C1CCC1.CC(C)C1CCCC1.CC(C)C1CCCCC1.CC(C)CC(C)(C)C.CC(C)Cc1ccccc1.CCC.CCCCCC(C)C.[2H]C(C)C.[2H]C([2H])(C(C)C)C(C)(C)C. The van der Waals surface area contributed by atoms with Gasteiger partial charge in [-0.25, -0.2) is 0 Å². The van der Waals surface area contributed by atoms with Gasteiger partial charge in [0.05, 0.1) is 0 Å². The average molecular weight is 1000 g/mol. The number of benzene rings is 1. The van der Waals surface area contributed by atoms with E-state index >= 15 is 0 Å². The summed E-state index contributed by atoms with van der Waals surface area (Å²) in [5.74, 6) is 9.43. The van der Waals surface area contributed by atoms with Gasteiger partial charge >= 0.3 is 0 Å². The fraction of sp³-hybridized carbons (Fsp3) is 0.915. The third-order valence-corrected chi connectivity index (χ3v) is 13.4. The topological polar surface area (TPSA) is 0 Å². The summed E-state index contributed by atoms with van der Waals surface area (Å²) in [6.07, 6.45) is 26.3. The molecule has 3 fully saturated rings. The molecule has 0 saturated heterocycles. The van der Waals surface area contributed by atoms with Crippen LogP contribution in [0.15, 0.2) is 30.3 Å². The molecule has 3 aliphatic carbocycles. The number of hydrogen-bond donors (Lipinski definition) is 0. The third kappa shape index (κ3) is 73.5. The number of unbranched alkanes of at least 4 members (excludes halogenated alkanes) is 2. The molecule has 0 atom stereocenters. The van der Waals surface area contributed by atoms with E-state index in [-0.39, 0.29) is 17.7 Å². The Hall–Kier alpha value is -0.780. The standard InChI is InChI=1S/C10H14.C9H18.C8H16.3C8H18.C7H14.C7H16.2C3H8/c1-9(2)8-10-6-4-3-5-7-10;1-8(2)9-6-4-3-5-7-9;1-7(2)8-5-3-4-6-8;2*1-7(2)6-8(3,4)5;1-4-5-6-7-8(2)3;1-6(2)7-4-3-5-7;1-6(2)7(3,4)5;2*1-3-2/h3-7,9H,8H2,1-2H3;8-9H,3-7H2,1-2H3;7-8H,3-6H2,1-2H3;2*7H,6H2,1-5H3;8H,4-7H2,1-3H3;6-7H,3-5H2,1-2H3;6H,1-5H3;2*3H2,1-2H3/i;;;6D2;;;;;3D;. The normalized spacial score (nSPS) is 15.9. The van der Waals surface area contributed by atoms with Gasteiger partial charge in [-0.1, -0.05) is 354 Å². The molecule has 0 heterocycles. The van der Waals surface area contributed by atoms with E-state index in [2.05, 4.69) is 190 Å². The monoisotopic (exact) mass is 1000 g/mol. The van der Waals surface area contributed by atoms with Crippen molar-refractivity contribution in [3.63, 3.8) is 0 Å². The van der Waals surface area contributed by atoms with Crippen molar-refractivity contribution in [2.75, 3.05) is 0 Å². The van der Waals surface area contributed by atoms with Crippen molar-refractivity contribution in [2.24, 2.45) is 81.3 Å². The van der Waals surface area contributed by atoms with Crippen molar-refractivity contribution >= 4 is 0 Å². The van der Waals surface area contributed by atoms with Crippen LogP contribution in [0.25, 0.3) is 0 Å². The van der Waals surface area contributed by atoms with Gasteiger partial charge in [-0.15, -0.1) is 0 Å². The maximum Gasteiger partial charge on any atom is 0.0275 e. The Morgan fingerprint density at radius 2 is 0.789 bits per heavy atom. The van der Waals surface area contributed by atoms with E-state index in [0.717, 1.165) is 59.2 Å². The fourth-order valence-electron chi connectivity index (χ4n) is 8.51. The Labute approximate surface area is 461 Å². The number of rotatable bonds is 11. The minimum atomic E-state index is -1.06. The van der Waals surface area contributed by atoms with Gasteiger partial charge in [0.2, 0.25) is 0 Å². The zero-order chi connectivity index (χ0) is 59.5. The summed E-state index contributed by atoms with van der Waals surface area (Å²) in [6.45, 7) is 65.6. The van der Waals surface area contributed by atoms with Gasteiger partial charge < -0.3 is 0 Å². The molecular formula is C71H148. The Bertz CT molecular complexity index is 1210. The maximum absolute atomic E-state index is 7.70. The second kappa shape index (κ2) is 51.3. The van der Waals surface area contributed by atoms with Crippen LogP contribution in [-0.4, -0.2) is 0 Å². The quantitative estimate of drug-likeness (QED) is 0.194. The molecule has 432 valence electrons. The first kappa shape index (κ1) is 74.5. The third-order valence-electron chi connectivity index (χ3n) is 13.4. The Balaban J connectivity index is -0.000000176. The molecule has 0 radical (unpaired) electrons. The van der Waals surface area contributed by atoms with Crippen LogP contribution in [-0.2, 0) is 6.42 Å². The average Bonchev–Trinajstić information content (AvgIpc) is 3.77. The molecule has 3 saturated carbocycles. The van der Waals surface area contributed by atoms with E-state index in [1.807, 2.05) is 48.5 Å². The molecule has 1 aromatic carbocycles. The molecule has 0 amide bonds. The van der Waals surface area contributed by atoms with E-state index in [1.54, 1.807) is 0 Å². The summed E-state index contributed by atoms with van der Waals surface area (Å²) in [7, 11) is 0. The molecule has 0 nitrogen and oxygen atoms in total. The van der Waals surface area contributed by atoms with Gasteiger partial charge in [-0.3, -0.25) is 0 Å². The molecule has 0 bridgehead atoms. The van der Waals surface area contributed by atoms with Crippen molar-refractivity contribution in [1.29, 1.82) is 0 Å². The predicted octanol–water partition coefficient (Wildman–Crippen LogP) is 26.3. The van der Waals surface area contributed by atoms with Crippen LogP contribution in [0, 0.1) is 81.3 Å². The summed E-state index contributed by atoms with van der Waals surface area (Å²) < 4.78 is 22.0. The van der Waals surface area contributed by atoms with Crippen LogP contribution in [0.1, 0.15) is 346 Å². The van der Waals surface area contributed by atoms with Crippen molar-refractivity contribution < 1.29 is 4.11 Å². The first-order chi connectivity index (χ1) is 33.7. The van der Waals surface area contributed by atoms with E-state index < -0.39 is 6.37 Å². The highest BCUT2D eigenvalue weighted by atomic mass is 14.3. The summed E-state index contributed by atoms with van der Waals surface area (Å²) in [5.41, 5.74) is 2.22. The second-order valence-corrected chi connectivity index (χ2v) is 28.4. The van der Waals surface area contributed by atoms with E-state index in [1.165, 1.54) is 128 Å². The second-order valence-electron chi connectivity index (χ2n) is 28.4. The largest absolute Gasteiger partial charge is 0.0656 e. The molecule has 0 N–H and O–H groups in total. The van der Waals surface area contributed by atoms with Crippen molar-refractivity contribution in [3.8, 4) is 0 Å². The molecule has 3 aliphatic rings. The van der Waals surface area contributed by atoms with Crippen LogP contribution >= 0.6 is 0 Å². The first-order valence-electron chi connectivity index (χ1n) is 32.7. The summed E-state index contributed by atoms with van der Waals surface area (Å²) in [6, 6.07) is 10.6. The molecule has 0 aliphatic heterocycles.